The zero-order valence-corrected chi connectivity index (χ0v) is 34.2. The summed E-state index contributed by atoms with van der Waals surface area (Å²) in [6, 6.07) is 19.6. The summed E-state index contributed by atoms with van der Waals surface area (Å²) < 4.78 is 37.6. The molecule has 2 aromatic heterocycles. The third-order valence-electron chi connectivity index (χ3n) is 11.8. The number of hydrogen-bond donors (Lipinski definition) is 3. The minimum Gasteiger partial charge on any atom is -0.355 e. The fourth-order valence-corrected chi connectivity index (χ4v) is 10.1. The van der Waals surface area contributed by atoms with Gasteiger partial charge in [-0.3, -0.25) is 23.7 Å². The van der Waals surface area contributed by atoms with E-state index >= 15 is 0 Å². The lowest BCUT2D eigenvalue weighted by atomic mass is 10.0. The first-order chi connectivity index (χ1) is 28.8. The van der Waals surface area contributed by atoms with Crippen LogP contribution in [0.3, 0.4) is 0 Å². The number of nitrogens with one attached hydrogen (secondary N) is 1. The summed E-state index contributed by atoms with van der Waals surface area (Å²) in [7, 11) is -5.09. The molecule has 3 aliphatic heterocycles. The van der Waals surface area contributed by atoms with E-state index < -0.39 is 43.3 Å². The second-order valence-corrected chi connectivity index (χ2v) is 18.1. The Morgan fingerprint density at radius 1 is 0.900 bits per heavy atom. The Labute approximate surface area is 347 Å². The van der Waals surface area contributed by atoms with Gasteiger partial charge in [0.1, 0.15) is 17.9 Å². The molecular formula is C42H41FN7O8PS. The van der Waals surface area contributed by atoms with Crippen LogP contribution in [0.25, 0.3) is 31.8 Å². The average molecular weight is 854 g/mol. The van der Waals surface area contributed by atoms with Gasteiger partial charge in [0.05, 0.1) is 16.6 Å². The Morgan fingerprint density at radius 2 is 1.68 bits per heavy atom. The topological polar surface area (TPSA) is 190 Å². The van der Waals surface area contributed by atoms with Crippen molar-refractivity contribution in [3.05, 3.63) is 101 Å². The summed E-state index contributed by atoms with van der Waals surface area (Å²) in [5, 5.41) is 9.46. The van der Waals surface area contributed by atoms with Crippen molar-refractivity contribution in [2.24, 2.45) is 0 Å². The van der Waals surface area contributed by atoms with Gasteiger partial charge in [0.25, 0.3) is 11.8 Å². The highest BCUT2D eigenvalue weighted by molar-refractivity contribution is 7.51. The quantitative estimate of drug-likeness (QED) is 0.175. The minimum absolute atomic E-state index is 0.0831. The number of halogens is 1. The number of carbonyl (C=O) groups is 4. The summed E-state index contributed by atoms with van der Waals surface area (Å²) in [5.41, 5.74) is 1.25. The van der Waals surface area contributed by atoms with Gasteiger partial charge < -0.3 is 39.2 Å². The molecule has 0 aliphatic carbocycles. The average Bonchev–Trinajstić information content (AvgIpc) is 3.99. The fraction of sp³-hybridized carbons (Fsp3) is 0.333. The van der Waals surface area contributed by atoms with Crippen molar-refractivity contribution < 1.29 is 42.4 Å². The lowest BCUT2D eigenvalue weighted by Crippen LogP contribution is -2.62. The first-order valence-corrected chi connectivity index (χ1v) is 22.2. The number of aromatic nitrogens is 2. The summed E-state index contributed by atoms with van der Waals surface area (Å²) in [4.78, 5) is 83.4. The highest BCUT2D eigenvalue weighted by Crippen LogP contribution is 2.53. The van der Waals surface area contributed by atoms with Crippen molar-refractivity contribution in [1.82, 2.24) is 29.5 Å². The SMILES string of the molecule is Cc1ccc2onc(C(=O)N3CC[C@H]4CC[C@@H](C(=O)N5CCN(c6nsc7ccccc67)CC5)N4C(=O)[C@@H](NC(=O)c4ccc5ccc(C(F)P(=O)(O)O)cc5c4)C3)c2c1. The summed E-state index contributed by atoms with van der Waals surface area (Å²) >= 11 is 1.44. The molecule has 0 radical (unpaired) electrons. The first kappa shape index (κ1) is 39.7. The van der Waals surface area contributed by atoms with Gasteiger partial charge in [-0.2, -0.15) is 4.37 Å². The Morgan fingerprint density at radius 3 is 2.48 bits per heavy atom. The maximum Gasteiger partial charge on any atom is 0.363 e. The summed E-state index contributed by atoms with van der Waals surface area (Å²) in [6.07, 6.45) is 1.35. The van der Waals surface area contributed by atoms with Crippen molar-refractivity contribution in [3.63, 3.8) is 0 Å². The van der Waals surface area contributed by atoms with Crippen LogP contribution in [0.2, 0.25) is 0 Å². The molecule has 3 N–H and O–H groups in total. The molecule has 3 aliphatic rings. The van der Waals surface area contributed by atoms with E-state index in [1.165, 1.54) is 46.8 Å². The van der Waals surface area contributed by atoms with Crippen molar-refractivity contribution >= 4 is 80.4 Å². The molecule has 9 rings (SSSR count). The van der Waals surface area contributed by atoms with E-state index in [0.29, 0.717) is 67.2 Å². The molecule has 0 bridgehead atoms. The largest absolute Gasteiger partial charge is 0.363 e. The molecular weight excluding hydrogens is 813 g/mol. The standard InChI is InChI=1S/C42H41FN7O8PS/c1-24-6-13-34-31(20-24)36(45-58-34)42(54)49-15-14-29-11-12-33(41(53)48-18-16-47(17-19-48)38-30-4-2-3-5-35(30)60-46-38)50(29)40(52)32(23-49)44-39(51)27-10-8-25-7-9-26(21-28(25)22-27)37(43)59(55,56)57/h2-10,13,20-22,29,32-33,37H,11-12,14-19,23H2,1H3,(H,44,51)(H2,55,56,57)/t29-,32+,33+,37?/m1/s1. The van der Waals surface area contributed by atoms with Crippen LogP contribution < -0.4 is 10.2 Å². The second-order valence-electron chi connectivity index (χ2n) is 15.7. The number of fused-ring (bicyclic) bond motifs is 4. The molecule has 5 heterocycles. The maximum atomic E-state index is 14.9. The number of hydrogen-bond acceptors (Lipinski definition) is 10. The first-order valence-electron chi connectivity index (χ1n) is 19.7. The summed E-state index contributed by atoms with van der Waals surface area (Å²) in [6.45, 7) is 3.92. The Bertz CT molecular complexity index is 2730. The van der Waals surface area contributed by atoms with E-state index in [9.17, 15) is 37.9 Å². The van der Waals surface area contributed by atoms with E-state index in [4.69, 9.17) is 4.52 Å². The van der Waals surface area contributed by atoms with Crippen molar-refractivity contribution in [1.29, 1.82) is 0 Å². The van der Waals surface area contributed by atoms with E-state index in [1.54, 1.807) is 28.0 Å². The van der Waals surface area contributed by atoms with Gasteiger partial charge in [0.15, 0.2) is 11.3 Å². The Kier molecular flexibility index (Phi) is 10.4. The van der Waals surface area contributed by atoms with Crippen LogP contribution in [-0.2, 0) is 14.2 Å². The van der Waals surface area contributed by atoms with Gasteiger partial charge in [-0.15, -0.1) is 0 Å². The van der Waals surface area contributed by atoms with Crippen molar-refractivity contribution in [3.8, 4) is 0 Å². The molecule has 4 aromatic carbocycles. The second kappa shape index (κ2) is 15.7. The van der Waals surface area contributed by atoms with Crippen LogP contribution in [0.15, 0.2) is 83.4 Å². The van der Waals surface area contributed by atoms with Gasteiger partial charge in [0.2, 0.25) is 17.7 Å². The summed E-state index contributed by atoms with van der Waals surface area (Å²) in [5.74, 6) is -3.46. The molecule has 4 amide bonds. The number of amides is 4. The van der Waals surface area contributed by atoms with Crippen LogP contribution in [0.4, 0.5) is 10.2 Å². The van der Waals surface area contributed by atoms with Crippen molar-refractivity contribution in [2.75, 3.05) is 44.2 Å². The zero-order chi connectivity index (χ0) is 41.9. The number of aryl methyl sites for hydroxylation is 1. The van der Waals surface area contributed by atoms with Gasteiger partial charge in [0, 0.05) is 49.7 Å². The normalized spacial score (nSPS) is 20.7. The molecule has 4 atom stereocenters. The molecule has 3 fully saturated rings. The molecule has 310 valence electrons. The third kappa shape index (κ3) is 7.40. The van der Waals surface area contributed by atoms with Crippen LogP contribution in [0.5, 0.6) is 0 Å². The van der Waals surface area contributed by atoms with Gasteiger partial charge >= 0.3 is 7.60 Å². The molecule has 0 saturated carbocycles. The number of piperazine rings is 1. The number of nitrogens with zero attached hydrogens (tertiary/aromatic N) is 6. The van der Waals surface area contributed by atoms with Gasteiger partial charge in [-0.25, -0.2) is 4.39 Å². The van der Waals surface area contributed by atoms with E-state index in [-0.39, 0.29) is 41.9 Å². The van der Waals surface area contributed by atoms with Crippen LogP contribution in [-0.4, -0.2) is 115 Å². The zero-order valence-electron chi connectivity index (χ0n) is 32.4. The molecule has 15 nitrogen and oxygen atoms in total. The number of anilines is 1. The smallest absolute Gasteiger partial charge is 0.355 e. The fourth-order valence-electron chi connectivity index (χ4n) is 8.71. The predicted octanol–water partition coefficient (Wildman–Crippen LogP) is 5.40. The molecule has 60 heavy (non-hydrogen) atoms. The molecule has 3 saturated heterocycles. The predicted molar refractivity (Wildman–Crippen MR) is 222 cm³/mol. The lowest BCUT2D eigenvalue weighted by Gasteiger charge is -2.41. The molecule has 1 unspecified atom stereocenters. The number of rotatable bonds is 7. The number of benzene rings is 4. The van der Waals surface area contributed by atoms with Gasteiger partial charge in [-0.1, -0.05) is 47.1 Å². The lowest BCUT2D eigenvalue weighted by molar-refractivity contribution is -0.147. The van der Waals surface area contributed by atoms with E-state index in [1.807, 2.05) is 37.3 Å². The van der Waals surface area contributed by atoms with Crippen molar-refractivity contribution in [2.45, 2.75) is 50.2 Å². The van der Waals surface area contributed by atoms with E-state index in [2.05, 4.69) is 19.7 Å². The maximum absolute atomic E-state index is 14.9. The highest BCUT2D eigenvalue weighted by atomic mass is 32.1. The highest BCUT2D eigenvalue weighted by Gasteiger charge is 2.47. The Hall–Kier alpha value is -5.74. The molecule has 18 heteroatoms. The molecule has 0 spiro atoms. The van der Waals surface area contributed by atoms with Crippen LogP contribution >= 0.6 is 19.1 Å². The molecule has 6 aromatic rings. The number of carbonyl (C=O) groups excluding carboxylic acids is 4. The van der Waals surface area contributed by atoms with Crippen LogP contribution in [0.1, 0.15) is 57.1 Å². The van der Waals surface area contributed by atoms with Crippen LogP contribution in [0, 0.1) is 6.92 Å². The number of alkyl halides is 1. The Balaban J connectivity index is 0.984. The minimum atomic E-state index is -5.09. The third-order valence-corrected chi connectivity index (χ3v) is 13.5. The van der Waals surface area contributed by atoms with Gasteiger partial charge in [-0.05, 0) is 96.5 Å². The van der Waals surface area contributed by atoms with E-state index in [0.717, 1.165) is 21.5 Å². The monoisotopic (exact) mass is 853 g/mol.